The standard InChI is InChI=1S/C17H18N4O2S/c22-24(23,16-10-19-20-11-16)21-7-5-14(12-21)8-13-3-4-17-15(9-13)2-1-6-18-17/h1-4,6,9-11,14H,5,7-8,12H2,(H,19,20)/t14-/m0/s1. The van der Waals surface area contributed by atoms with Crippen molar-refractivity contribution in [1.82, 2.24) is 19.5 Å². The van der Waals surface area contributed by atoms with Crippen molar-refractivity contribution in [3.63, 3.8) is 0 Å². The van der Waals surface area contributed by atoms with Gasteiger partial charge in [0.2, 0.25) is 10.0 Å². The first-order chi connectivity index (χ1) is 11.6. The zero-order valence-corrected chi connectivity index (χ0v) is 13.9. The van der Waals surface area contributed by atoms with Gasteiger partial charge >= 0.3 is 0 Å². The zero-order chi connectivity index (χ0) is 16.6. The average molecular weight is 342 g/mol. The molecular weight excluding hydrogens is 324 g/mol. The summed E-state index contributed by atoms with van der Waals surface area (Å²) in [5, 5.41) is 7.43. The van der Waals surface area contributed by atoms with E-state index < -0.39 is 10.0 Å². The summed E-state index contributed by atoms with van der Waals surface area (Å²) in [4.78, 5) is 4.57. The normalized spacial score (nSPS) is 19.1. The number of aromatic amines is 1. The highest BCUT2D eigenvalue weighted by atomic mass is 32.2. The SMILES string of the molecule is O=S(=O)(c1cn[nH]c1)N1CC[C@@H](Cc2ccc3ncccc3c2)C1. The molecule has 0 saturated carbocycles. The number of nitrogens with one attached hydrogen (secondary N) is 1. The minimum Gasteiger partial charge on any atom is -0.284 e. The molecule has 1 atom stereocenters. The molecule has 4 rings (SSSR count). The molecule has 124 valence electrons. The Kier molecular flexibility index (Phi) is 3.82. The minimum atomic E-state index is -3.43. The predicted octanol–water partition coefficient (Wildman–Crippen LogP) is 2.21. The number of H-pyrrole nitrogens is 1. The minimum absolute atomic E-state index is 0.236. The van der Waals surface area contributed by atoms with Crippen LogP contribution in [0.5, 0.6) is 0 Å². The highest BCUT2D eigenvalue weighted by molar-refractivity contribution is 7.89. The van der Waals surface area contributed by atoms with Gasteiger partial charge in [0.25, 0.3) is 0 Å². The molecule has 3 heterocycles. The van der Waals surface area contributed by atoms with E-state index in [2.05, 4.69) is 33.4 Å². The second-order valence-corrected chi connectivity index (χ2v) is 8.12. The molecule has 0 amide bonds. The van der Waals surface area contributed by atoms with E-state index in [0.717, 1.165) is 23.7 Å². The molecule has 1 aliphatic heterocycles. The summed E-state index contributed by atoms with van der Waals surface area (Å²) in [6.07, 6.45) is 6.33. The first-order valence-corrected chi connectivity index (χ1v) is 9.39. The molecule has 1 saturated heterocycles. The van der Waals surface area contributed by atoms with E-state index >= 15 is 0 Å². The molecule has 0 spiro atoms. The maximum atomic E-state index is 12.5. The molecule has 0 aliphatic carbocycles. The zero-order valence-electron chi connectivity index (χ0n) is 13.1. The quantitative estimate of drug-likeness (QED) is 0.788. The van der Waals surface area contributed by atoms with E-state index in [-0.39, 0.29) is 4.90 Å². The second-order valence-electron chi connectivity index (χ2n) is 6.19. The lowest BCUT2D eigenvalue weighted by Crippen LogP contribution is -2.28. The molecule has 1 aromatic carbocycles. The van der Waals surface area contributed by atoms with Crippen molar-refractivity contribution in [2.75, 3.05) is 13.1 Å². The summed E-state index contributed by atoms with van der Waals surface area (Å²) < 4.78 is 26.6. The summed E-state index contributed by atoms with van der Waals surface area (Å²) >= 11 is 0. The molecule has 1 N–H and O–H groups in total. The molecule has 1 fully saturated rings. The van der Waals surface area contributed by atoms with Crippen molar-refractivity contribution in [3.05, 3.63) is 54.5 Å². The van der Waals surface area contributed by atoms with Gasteiger partial charge in [0.1, 0.15) is 4.90 Å². The third kappa shape index (κ3) is 2.81. The van der Waals surface area contributed by atoms with Crippen LogP contribution < -0.4 is 0 Å². The van der Waals surface area contributed by atoms with E-state index in [1.165, 1.54) is 18.0 Å². The van der Waals surface area contributed by atoms with Gasteiger partial charge in [-0.05, 0) is 42.5 Å². The Morgan fingerprint density at radius 3 is 3.04 bits per heavy atom. The molecule has 3 aromatic rings. The Hall–Kier alpha value is -2.25. The Labute approximate surface area is 140 Å². The number of fused-ring (bicyclic) bond motifs is 1. The predicted molar refractivity (Wildman–Crippen MR) is 90.9 cm³/mol. The molecular formula is C17H18N4O2S. The van der Waals surface area contributed by atoms with Crippen LogP contribution in [0.15, 0.2) is 53.8 Å². The van der Waals surface area contributed by atoms with Gasteiger partial charge in [-0.3, -0.25) is 10.1 Å². The van der Waals surface area contributed by atoms with Gasteiger partial charge < -0.3 is 0 Å². The Morgan fingerprint density at radius 1 is 1.29 bits per heavy atom. The third-order valence-corrected chi connectivity index (χ3v) is 6.38. The van der Waals surface area contributed by atoms with Gasteiger partial charge in [-0.15, -0.1) is 0 Å². The van der Waals surface area contributed by atoms with Crippen molar-refractivity contribution in [3.8, 4) is 0 Å². The summed E-state index contributed by atoms with van der Waals surface area (Å²) in [7, 11) is -3.43. The number of hydrogen-bond donors (Lipinski definition) is 1. The Balaban J connectivity index is 1.48. The Morgan fingerprint density at radius 2 is 2.21 bits per heavy atom. The number of hydrogen-bond acceptors (Lipinski definition) is 4. The van der Waals surface area contributed by atoms with Crippen molar-refractivity contribution in [1.29, 1.82) is 0 Å². The number of rotatable bonds is 4. The van der Waals surface area contributed by atoms with Gasteiger partial charge in [0.15, 0.2) is 0 Å². The summed E-state index contributed by atoms with van der Waals surface area (Å²) in [5.74, 6) is 0.334. The number of sulfonamides is 1. The third-order valence-electron chi connectivity index (χ3n) is 4.55. The van der Waals surface area contributed by atoms with Crippen LogP contribution in [0.4, 0.5) is 0 Å². The maximum Gasteiger partial charge on any atom is 0.246 e. The molecule has 2 aromatic heterocycles. The van der Waals surface area contributed by atoms with Crippen LogP contribution in [0, 0.1) is 5.92 Å². The van der Waals surface area contributed by atoms with Crippen LogP contribution in [0.25, 0.3) is 10.9 Å². The van der Waals surface area contributed by atoms with Crippen molar-refractivity contribution in [2.45, 2.75) is 17.7 Å². The number of aromatic nitrogens is 3. The van der Waals surface area contributed by atoms with Gasteiger partial charge in [-0.1, -0.05) is 12.1 Å². The van der Waals surface area contributed by atoms with Crippen molar-refractivity contribution in [2.24, 2.45) is 5.92 Å². The molecule has 6 nitrogen and oxygen atoms in total. The second kappa shape index (κ2) is 5.99. The smallest absolute Gasteiger partial charge is 0.246 e. The largest absolute Gasteiger partial charge is 0.284 e. The van der Waals surface area contributed by atoms with Crippen LogP contribution in [0.2, 0.25) is 0 Å². The summed E-state index contributed by atoms with van der Waals surface area (Å²) in [5.41, 5.74) is 2.21. The molecule has 0 bridgehead atoms. The summed E-state index contributed by atoms with van der Waals surface area (Å²) in [6.45, 7) is 1.12. The lowest BCUT2D eigenvalue weighted by Gasteiger charge is -2.15. The highest BCUT2D eigenvalue weighted by Gasteiger charge is 2.33. The fourth-order valence-electron chi connectivity index (χ4n) is 3.30. The first kappa shape index (κ1) is 15.3. The monoisotopic (exact) mass is 342 g/mol. The van der Waals surface area contributed by atoms with Crippen LogP contribution >= 0.6 is 0 Å². The molecule has 7 heteroatoms. The Bertz CT molecular complexity index is 954. The number of benzene rings is 1. The fourth-order valence-corrected chi connectivity index (χ4v) is 4.74. The lowest BCUT2D eigenvalue weighted by molar-refractivity contribution is 0.456. The average Bonchev–Trinajstić information content (AvgIpc) is 3.27. The van der Waals surface area contributed by atoms with Gasteiger partial charge in [-0.25, -0.2) is 8.42 Å². The maximum absolute atomic E-state index is 12.5. The topological polar surface area (TPSA) is 79.0 Å². The van der Waals surface area contributed by atoms with Gasteiger partial charge in [0.05, 0.1) is 11.7 Å². The van der Waals surface area contributed by atoms with E-state index in [1.54, 1.807) is 10.5 Å². The molecule has 0 unspecified atom stereocenters. The van der Waals surface area contributed by atoms with E-state index in [0.29, 0.717) is 19.0 Å². The van der Waals surface area contributed by atoms with Gasteiger partial charge in [0, 0.05) is 30.9 Å². The van der Waals surface area contributed by atoms with E-state index in [4.69, 9.17) is 0 Å². The molecule has 1 aliphatic rings. The van der Waals surface area contributed by atoms with Crippen molar-refractivity contribution < 1.29 is 8.42 Å². The molecule has 0 radical (unpaired) electrons. The first-order valence-electron chi connectivity index (χ1n) is 7.95. The van der Waals surface area contributed by atoms with Crippen molar-refractivity contribution >= 4 is 20.9 Å². The van der Waals surface area contributed by atoms with Gasteiger partial charge in [-0.2, -0.15) is 9.40 Å². The number of pyridine rings is 1. The van der Waals surface area contributed by atoms with E-state index in [9.17, 15) is 8.42 Å². The summed E-state index contributed by atoms with van der Waals surface area (Å²) in [6, 6.07) is 10.2. The molecule has 24 heavy (non-hydrogen) atoms. The van der Waals surface area contributed by atoms with Crippen LogP contribution in [-0.2, 0) is 16.4 Å². The fraction of sp³-hybridized carbons (Fsp3) is 0.294. The van der Waals surface area contributed by atoms with Crippen LogP contribution in [0.3, 0.4) is 0 Å². The van der Waals surface area contributed by atoms with Crippen LogP contribution in [-0.4, -0.2) is 41.0 Å². The van der Waals surface area contributed by atoms with Crippen LogP contribution in [0.1, 0.15) is 12.0 Å². The highest BCUT2D eigenvalue weighted by Crippen LogP contribution is 2.27. The van der Waals surface area contributed by atoms with E-state index in [1.807, 2.05) is 12.1 Å². The lowest BCUT2D eigenvalue weighted by atomic mass is 9.97. The number of nitrogens with zero attached hydrogens (tertiary/aromatic N) is 3.